The van der Waals surface area contributed by atoms with E-state index in [1.54, 1.807) is 0 Å². The van der Waals surface area contributed by atoms with E-state index in [0.717, 1.165) is 181 Å². The number of fused-ring (bicyclic) bond motifs is 12. The minimum absolute atomic E-state index is 0.108. The summed E-state index contributed by atoms with van der Waals surface area (Å²) in [7, 11) is 0. The quantitative estimate of drug-likeness (QED) is 0.0868. The molecule has 23 rings (SSSR count). The Bertz CT molecular complexity index is 7630. The van der Waals surface area contributed by atoms with Crippen molar-refractivity contribution in [3.8, 4) is 113 Å². The highest BCUT2D eigenvalue weighted by molar-refractivity contribution is 6.25. The van der Waals surface area contributed by atoms with Gasteiger partial charge in [0.2, 0.25) is 0 Å². The minimum atomic E-state index is -0.118. The van der Waals surface area contributed by atoms with Gasteiger partial charge in [-0.05, 0) is 177 Å². The van der Waals surface area contributed by atoms with Crippen LogP contribution in [0.3, 0.4) is 0 Å². The third-order valence-corrected chi connectivity index (χ3v) is 25.3. The topological polar surface area (TPSA) is 110 Å². The van der Waals surface area contributed by atoms with E-state index in [0.29, 0.717) is 34.9 Å². The fourth-order valence-electron chi connectivity index (χ4n) is 19.3. The number of anilines is 5. The molecule has 0 aliphatic heterocycles. The lowest BCUT2D eigenvalue weighted by Gasteiger charge is -2.35. The van der Waals surface area contributed by atoms with E-state index in [2.05, 4.69) is 369 Å². The Kier molecular flexibility index (Phi) is 17.8. The summed E-state index contributed by atoms with van der Waals surface area (Å²) in [4.78, 5) is 36.7. The second-order valence-corrected chi connectivity index (χ2v) is 33.0. The van der Waals surface area contributed by atoms with Crippen molar-refractivity contribution in [2.45, 2.75) is 51.0 Å². The molecule has 0 bridgehead atoms. The van der Waals surface area contributed by atoms with Gasteiger partial charge in [0, 0.05) is 106 Å². The largest absolute Gasteiger partial charge is 0.456 e. The third kappa shape index (κ3) is 12.9. The molecule has 4 heterocycles. The molecule has 4 aliphatic rings. The van der Waals surface area contributed by atoms with Crippen molar-refractivity contribution in [3.05, 3.63) is 416 Å². The molecule has 0 spiro atoms. The lowest BCUT2D eigenvalue weighted by atomic mass is 9.81. The third-order valence-electron chi connectivity index (χ3n) is 25.3. The second-order valence-electron chi connectivity index (χ2n) is 33.0. The van der Waals surface area contributed by atoms with Crippen LogP contribution in [0.2, 0.25) is 0 Å². The molecule has 0 fully saturated rings. The first-order valence-electron chi connectivity index (χ1n) is 42.5. The van der Waals surface area contributed by atoms with Crippen LogP contribution in [0.1, 0.15) is 56.2 Å². The molecule has 2 unspecified atom stereocenters. The summed E-state index contributed by atoms with van der Waals surface area (Å²) in [5, 5.41) is 6.21. The summed E-state index contributed by atoms with van der Waals surface area (Å²) < 4.78 is 14.4. The highest BCUT2D eigenvalue weighted by Crippen LogP contribution is 2.52. The highest BCUT2D eigenvalue weighted by atomic mass is 16.3. The zero-order valence-electron chi connectivity index (χ0n) is 67.8. The van der Waals surface area contributed by atoms with Crippen molar-refractivity contribution in [1.82, 2.24) is 29.9 Å². The summed E-state index contributed by atoms with van der Waals surface area (Å²) in [6, 6.07) is 125. The van der Waals surface area contributed by atoms with E-state index in [1.807, 2.05) is 42.5 Å². The molecule has 123 heavy (non-hydrogen) atoms. The zero-order valence-corrected chi connectivity index (χ0v) is 67.8. The Morgan fingerprint density at radius 1 is 0.341 bits per heavy atom. The molecule has 0 radical (unpaired) electrons. The molecule has 10 heteroatoms. The molecule has 4 aliphatic carbocycles. The van der Waals surface area contributed by atoms with E-state index in [4.69, 9.17) is 38.7 Å². The predicted octanol–water partition coefficient (Wildman–Crippen LogP) is 27.4. The molecule has 584 valence electrons. The van der Waals surface area contributed by atoms with Crippen LogP contribution in [0.4, 0.5) is 28.4 Å². The van der Waals surface area contributed by atoms with Gasteiger partial charge in [-0.15, -0.1) is 0 Å². The summed E-state index contributed by atoms with van der Waals surface area (Å²) in [6.45, 7) is 4.73. The molecule has 0 amide bonds. The maximum atomic E-state index is 7.20. The van der Waals surface area contributed by atoms with E-state index < -0.39 is 0 Å². The molecule has 0 N–H and O–H groups in total. The first kappa shape index (κ1) is 72.7. The number of aromatic nitrogens is 6. The normalized spacial score (nSPS) is 14.9. The fraction of sp³-hybridized carbons (Fsp3) is 0.0796. The molecular formula is C113H80N8O2. The molecule has 0 saturated carbocycles. The number of benzene rings is 15. The molecule has 19 aromatic rings. The molecule has 15 aromatic carbocycles. The van der Waals surface area contributed by atoms with Gasteiger partial charge in [-0.25, -0.2) is 29.9 Å². The molecule has 2 atom stereocenters. The predicted molar refractivity (Wildman–Crippen MR) is 502 cm³/mol. The summed E-state index contributed by atoms with van der Waals surface area (Å²) in [5.41, 5.74) is 29.1. The molecule has 4 aromatic heterocycles. The highest BCUT2D eigenvalue weighted by Gasteiger charge is 2.37. The summed E-state index contributed by atoms with van der Waals surface area (Å²) in [5.74, 6) is 3.57. The number of para-hydroxylation sites is 1. The smallest absolute Gasteiger partial charge is 0.164 e. The Hall–Kier alpha value is -15.5. The van der Waals surface area contributed by atoms with Gasteiger partial charge < -0.3 is 18.6 Å². The van der Waals surface area contributed by atoms with Crippen molar-refractivity contribution in [2.24, 2.45) is 5.92 Å². The van der Waals surface area contributed by atoms with Gasteiger partial charge in [0.15, 0.2) is 34.9 Å². The average molecular weight is 1580 g/mol. The van der Waals surface area contributed by atoms with Gasteiger partial charge in [-0.2, -0.15) is 0 Å². The van der Waals surface area contributed by atoms with Crippen LogP contribution < -0.4 is 20.4 Å². The van der Waals surface area contributed by atoms with Crippen LogP contribution in [0, 0.1) is 5.92 Å². The van der Waals surface area contributed by atoms with E-state index in [-0.39, 0.29) is 17.4 Å². The average Bonchev–Trinajstić information content (AvgIpc) is 1.60. The van der Waals surface area contributed by atoms with Gasteiger partial charge in [0.25, 0.3) is 0 Å². The van der Waals surface area contributed by atoms with Crippen molar-refractivity contribution >= 4 is 83.3 Å². The Balaban J connectivity index is 0.577. The van der Waals surface area contributed by atoms with Crippen LogP contribution >= 0.6 is 0 Å². The van der Waals surface area contributed by atoms with Gasteiger partial charge in [0.05, 0.1) is 6.04 Å². The van der Waals surface area contributed by atoms with Crippen LogP contribution in [0.25, 0.3) is 168 Å². The van der Waals surface area contributed by atoms with E-state index in [1.165, 1.54) is 33.5 Å². The lowest BCUT2D eigenvalue weighted by Crippen LogP contribution is -2.33. The fourth-order valence-corrected chi connectivity index (χ4v) is 19.3. The number of furan rings is 2. The number of hydrogen-bond acceptors (Lipinski definition) is 10. The summed E-state index contributed by atoms with van der Waals surface area (Å²) >= 11 is 0. The van der Waals surface area contributed by atoms with Crippen LogP contribution in [0.15, 0.2) is 397 Å². The standard InChI is InChI=1S/C113H80N8O2/c1-113(2)97-46-23-22-43-91(97)92-66-65-88(70-98(92)113)121(84-38-16-7-17-39-84)86-63-59-75(60-64-86)96-69-82-34-19-21-42-90(82)104-102-94(45-26-48-100(102)123-106(96)104)112-117-108(77-31-12-5-13-32-77)115-110(119-112)79-55-51-73(52-56-79)80-35-24-40-87(67-80)120(83-36-14-6-15-37-83)85-61-57-74(58-62-85)95-68-81-33-18-20-41-89(81)103-101-93(44-25-47-99(101)122-105(95)103)111-116-107(76-29-10-4-11-30-76)114-109(118-111)78-53-49-72(50-54-78)71-27-8-3-9-28-71/h3-6,8-16,18-38,40-67,69-70,81,84H,7,17,39,68H2,1-2H3. The number of nitrogens with zero attached hydrogens (tertiary/aromatic N) is 8. The van der Waals surface area contributed by atoms with Crippen molar-refractivity contribution in [2.75, 3.05) is 9.80 Å². The maximum absolute atomic E-state index is 7.20. The van der Waals surface area contributed by atoms with Crippen LogP contribution in [-0.4, -0.2) is 35.9 Å². The molecular weight excluding hydrogens is 1500 g/mol. The Morgan fingerprint density at radius 2 is 0.837 bits per heavy atom. The number of rotatable bonds is 16. The molecule has 10 nitrogen and oxygen atoms in total. The van der Waals surface area contributed by atoms with Crippen molar-refractivity contribution < 1.29 is 8.83 Å². The first-order chi connectivity index (χ1) is 60.7. The van der Waals surface area contributed by atoms with E-state index in [9.17, 15) is 0 Å². The Labute approximate surface area is 712 Å². The van der Waals surface area contributed by atoms with Crippen LogP contribution in [-0.2, 0) is 5.41 Å². The first-order valence-corrected chi connectivity index (χ1v) is 42.5. The Morgan fingerprint density at radius 3 is 1.50 bits per heavy atom. The maximum Gasteiger partial charge on any atom is 0.164 e. The van der Waals surface area contributed by atoms with E-state index >= 15 is 0 Å². The number of hydrogen-bond donors (Lipinski definition) is 0. The second kappa shape index (κ2) is 30.1. The van der Waals surface area contributed by atoms with Gasteiger partial charge in [-0.3, -0.25) is 0 Å². The molecule has 0 saturated heterocycles. The monoisotopic (exact) mass is 1580 g/mol. The minimum Gasteiger partial charge on any atom is -0.456 e. The van der Waals surface area contributed by atoms with Crippen LogP contribution in [0.5, 0.6) is 0 Å². The van der Waals surface area contributed by atoms with Gasteiger partial charge in [-0.1, -0.05) is 323 Å². The van der Waals surface area contributed by atoms with Crippen molar-refractivity contribution in [3.63, 3.8) is 0 Å². The zero-order chi connectivity index (χ0) is 81.6. The lowest BCUT2D eigenvalue weighted by molar-refractivity contribution is 0.564. The van der Waals surface area contributed by atoms with Gasteiger partial charge >= 0.3 is 0 Å². The summed E-state index contributed by atoms with van der Waals surface area (Å²) in [6.07, 6.45) is 17.7. The SMILES string of the molecule is CC1(C)c2ccccc2-c2ccc(N(c3ccc(-c4cc5ccccc5c5c4oc4cccc(-c6nc(-c7ccccc7)nc(-c7ccc(-c8cccc(N(c9ccccc9)c9ccc(C%10=c%11oc%12cccc(-c%13nc(-c%14ccccc%14)nc(-c%14ccc(-c%15ccccc%15)cc%14)n%13)c%12c%11=C%11C=CC=CC%11C%10)cc9)c8)cc7)n6)c45)cc3)C3C=CCCC3)cc21. The number of allylic oxidation sites excluding steroid dienone is 5. The van der Waals surface area contributed by atoms with Gasteiger partial charge in [0.1, 0.15) is 22.2 Å². The van der Waals surface area contributed by atoms with Crippen molar-refractivity contribution in [1.29, 1.82) is 0 Å².